The molecule has 1 saturated carbocycles. The number of rotatable bonds is 3. The molecule has 2 nitrogen and oxygen atoms in total. The zero-order valence-electron chi connectivity index (χ0n) is 11.9. The molecule has 20 heavy (non-hydrogen) atoms. The van der Waals surface area contributed by atoms with Crippen LogP contribution in [0.3, 0.4) is 0 Å². The highest BCUT2D eigenvalue weighted by Gasteiger charge is 2.39. The highest BCUT2D eigenvalue weighted by Crippen LogP contribution is 2.39. The molecule has 0 bridgehead atoms. The van der Waals surface area contributed by atoms with Crippen LogP contribution in [0.25, 0.3) is 0 Å². The molecule has 1 aliphatic carbocycles. The number of benzene rings is 1. The largest absolute Gasteiger partial charge is 0.490 e. The standard InChI is InChI=1S/C17H23BrO2/c18-13-14-5-4-6-15(11-14)20-16-7-10-19-17(12-16)8-2-1-3-9-17/h4-6,11,16H,1-3,7-10,12-13H2. The minimum absolute atomic E-state index is 0.119. The van der Waals surface area contributed by atoms with Gasteiger partial charge >= 0.3 is 0 Å². The molecule has 3 rings (SSSR count). The Labute approximate surface area is 130 Å². The van der Waals surface area contributed by atoms with Crippen LogP contribution in [0.15, 0.2) is 24.3 Å². The van der Waals surface area contributed by atoms with E-state index in [-0.39, 0.29) is 5.60 Å². The molecule has 1 atom stereocenters. The van der Waals surface area contributed by atoms with Gasteiger partial charge in [0.05, 0.1) is 12.2 Å². The van der Waals surface area contributed by atoms with Gasteiger partial charge in [0.15, 0.2) is 0 Å². The van der Waals surface area contributed by atoms with Crippen LogP contribution < -0.4 is 4.74 Å². The minimum Gasteiger partial charge on any atom is -0.490 e. The summed E-state index contributed by atoms with van der Waals surface area (Å²) in [4.78, 5) is 0. The van der Waals surface area contributed by atoms with E-state index in [2.05, 4.69) is 40.2 Å². The van der Waals surface area contributed by atoms with Crippen molar-refractivity contribution < 1.29 is 9.47 Å². The highest BCUT2D eigenvalue weighted by atomic mass is 79.9. The molecule has 2 fully saturated rings. The summed E-state index contributed by atoms with van der Waals surface area (Å²) in [5.74, 6) is 1.000. The molecular formula is C17H23BrO2. The van der Waals surface area contributed by atoms with Crippen molar-refractivity contribution in [3.05, 3.63) is 29.8 Å². The zero-order valence-corrected chi connectivity index (χ0v) is 13.5. The third kappa shape index (κ3) is 3.37. The monoisotopic (exact) mass is 338 g/mol. The Bertz CT molecular complexity index is 435. The number of ether oxygens (including phenoxy) is 2. The average Bonchev–Trinajstić information content (AvgIpc) is 2.48. The van der Waals surface area contributed by atoms with Gasteiger partial charge in [-0.25, -0.2) is 0 Å². The van der Waals surface area contributed by atoms with Crippen molar-refractivity contribution in [3.63, 3.8) is 0 Å². The second kappa shape index (κ2) is 6.48. The Kier molecular flexibility index (Phi) is 4.67. The first-order chi connectivity index (χ1) is 9.80. The van der Waals surface area contributed by atoms with E-state index in [1.165, 1.54) is 37.7 Å². The van der Waals surface area contributed by atoms with Gasteiger partial charge in [-0.05, 0) is 30.5 Å². The van der Waals surface area contributed by atoms with Crippen LogP contribution in [0.5, 0.6) is 5.75 Å². The van der Waals surface area contributed by atoms with Crippen molar-refractivity contribution in [2.75, 3.05) is 6.61 Å². The third-order valence-corrected chi connectivity index (χ3v) is 5.22. The molecule has 3 heteroatoms. The maximum atomic E-state index is 6.22. The van der Waals surface area contributed by atoms with Crippen molar-refractivity contribution in [1.29, 1.82) is 0 Å². The van der Waals surface area contributed by atoms with Gasteiger partial charge in [-0.15, -0.1) is 0 Å². The quantitative estimate of drug-likeness (QED) is 0.734. The summed E-state index contributed by atoms with van der Waals surface area (Å²) < 4.78 is 12.4. The Balaban J connectivity index is 1.64. The number of alkyl halides is 1. The fourth-order valence-corrected chi connectivity index (χ4v) is 3.87. The van der Waals surface area contributed by atoms with E-state index in [0.717, 1.165) is 30.5 Å². The maximum absolute atomic E-state index is 6.22. The van der Waals surface area contributed by atoms with Crippen LogP contribution >= 0.6 is 15.9 Å². The predicted molar refractivity (Wildman–Crippen MR) is 84.5 cm³/mol. The zero-order chi connectivity index (χ0) is 13.8. The molecule has 0 aromatic heterocycles. The Morgan fingerprint density at radius 2 is 2.10 bits per heavy atom. The Morgan fingerprint density at radius 1 is 1.25 bits per heavy atom. The first kappa shape index (κ1) is 14.4. The number of hydrogen-bond acceptors (Lipinski definition) is 2. The molecule has 1 unspecified atom stereocenters. The van der Waals surface area contributed by atoms with Crippen LogP contribution in [0.4, 0.5) is 0 Å². The molecule has 0 amide bonds. The van der Waals surface area contributed by atoms with Gasteiger partial charge in [-0.1, -0.05) is 47.3 Å². The molecule has 2 aliphatic rings. The molecule has 1 aliphatic heterocycles. The van der Waals surface area contributed by atoms with Gasteiger partial charge in [0.2, 0.25) is 0 Å². The van der Waals surface area contributed by atoms with Crippen molar-refractivity contribution in [2.24, 2.45) is 0 Å². The molecule has 1 spiro atoms. The molecule has 0 radical (unpaired) electrons. The summed E-state index contributed by atoms with van der Waals surface area (Å²) in [6.07, 6.45) is 8.81. The van der Waals surface area contributed by atoms with E-state index >= 15 is 0 Å². The van der Waals surface area contributed by atoms with E-state index in [9.17, 15) is 0 Å². The van der Waals surface area contributed by atoms with E-state index in [4.69, 9.17) is 9.47 Å². The fourth-order valence-electron chi connectivity index (χ4n) is 3.52. The molecule has 110 valence electrons. The Hall–Kier alpha value is -0.540. The number of hydrogen-bond donors (Lipinski definition) is 0. The van der Waals surface area contributed by atoms with Gasteiger partial charge < -0.3 is 9.47 Å². The average molecular weight is 339 g/mol. The van der Waals surface area contributed by atoms with Crippen LogP contribution in [-0.4, -0.2) is 18.3 Å². The van der Waals surface area contributed by atoms with Gasteiger partial charge in [-0.3, -0.25) is 0 Å². The topological polar surface area (TPSA) is 18.5 Å². The van der Waals surface area contributed by atoms with E-state index in [0.29, 0.717) is 6.10 Å². The van der Waals surface area contributed by atoms with Crippen molar-refractivity contribution in [3.8, 4) is 5.75 Å². The molecule has 1 saturated heterocycles. The summed E-state index contributed by atoms with van der Waals surface area (Å²) in [5, 5.41) is 0.877. The summed E-state index contributed by atoms with van der Waals surface area (Å²) in [6, 6.07) is 8.39. The van der Waals surface area contributed by atoms with E-state index < -0.39 is 0 Å². The lowest BCUT2D eigenvalue weighted by molar-refractivity contribution is -0.129. The fraction of sp³-hybridized carbons (Fsp3) is 0.647. The van der Waals surface area contributed by atoms with Crippen molar-refractivity contribution in [2.45, 2.75) is 62.0 Å². The molecule has 1 aromatic rings. The van der Waals surface area contributed by atoms with Gasteiger partial charge in [0.25, 0.3) is 0 Å². The maximum Gasteiger partial charge on any atom is 0.120 e. The first-order valence-corrected chi connectivity index (χ1v) is 8.87. The van der Waals surface area contributed by atoms with Crippen LogP contribution in [0.2, 0.25) is 0 Å². The predicted octanol–water partition coefficient (Wildman–Crippen LogP) is 4.84. The summed E-state index contributed by atoms with van der Waals surface area (Å²) in [7, 11) is 0. The van der Waals surface area contributed by atoms with Crippen molar-refractivity contribution >= 4 is 15.9 Å². The van der Waals surface area contributed by atoms with Gasteiger partial charge in [-0.2, -0.15) is 0 Å². The SMILES string of the molecule is BrCc1cccc(OC2CCOC3(CCCCC3)C2)c1. The second-order valence-corrected chi connectivity index (χ2v) is 6.67. The highest BCUT2D eigenvalue weighted by molar-refractivity contribution is 9.08. The molecule has 1 heterocycles. The summed E-state index contributed by atoms with van der Waals surface area (Å²) >= 11 is 3.50. The molecule has 0 N–H and O–H groups in total. The third-order valence-electron chi connectivity index (χ3n) is 4.57. The summed E-state index contributed by atoms with van der Waals surface area (Å²) in [6.45, 7) is 0.850. The van der Waals surface area contributed by atoms with Crippen LogP contribution in [-0.2, 0) is 10.1 Å². The van der Waals surface area contributed by atoms with Crippen LogP contribution in [0, 0.1) is 0 Å². The summed E-state index contributed by atoms with van der Waals surface area (Å²) in [5.41, 5.74) is 1.38. The lowest BCUT2D eigenvalue weighted by Crippen LogP contribution is -2.45. The van der Waals surface area contributed by atoms with Gasteiger partial charge in [0.1, 0.15) is 11.9 Å². The lowest BCUT2D eigenvalue weighted by atomic mass is 9.79. The van der Waals surface area contributed by atoms with Crippen LogP contribution in [0.1, 0.15) is 50.5 Å². The lowest BCUT2D eigenvalue weighted by Gasteiger charge is -2.43. The molecular weight excluding hydrogens is 316 g/mol. The smallest absolute Gasteiger partial charge is 0.120 e. The first-order valence-electron chi connectivity index (χ1n) is 7.75. The van der Waals surface area contributed by atoms with E-state index in [1.54, 1.807) is 0 Å². The second-order valence-electron chi connectivity index (χ2n) is 6.11. The normalized spacial score (nSPS) is 25.6. The van der Waals surface area contributed by atoms with E-state index in [1.807, 2.05) is 0 Å². The number of halogens is 1. The van der Waals surface area contributed by atoms with Crippen molar-refractivity contribution in [1.82, 2.24) is 0 Å². The Morgan fingerprint density at radius 3 is 2.90 bits per heavy atom. The molecule has 1 aromatic carbocycles. The van der Waals surface area contributed by atoms with Gasteiger partial charge in [0, 0.05) is 18.2 Å². The minimum atomic E-state index is 0.119.